The molecule has 0 unspecified atom stereocenters. The topological polar surface area (TPSA) is 22.0 Å². The van der Waals surface area contributed by atoms with Crippen LogP contribution in [0.2, 0.25) is 5.02 Å². The van der Waals surface area contributed by atoms with E-state index in [9.17, 15) is 9.18 Å². The minimum absolute atomic E-state index is 0.0107. The fourth-order valence-corrected chi connectivity index (χ4v) is 2.32. The Morgan fingerprint density at radius 3 is 2.60 bits per heavy atom. The van der Waals surface area contributed by atoms with Crippen LogP contribution in [0.1, 0.15) is 10.4 Å². The van der Waals surface area contributed by atoms with Crippen molar-refractivity contribution in [3.63, 3.8) is 0 Å². The molecule has 0 saturated heterocycles. The van der Waals surface area contributed by atoms with Gasteiger partial charge in [-0.25, -0.2) is 4.39 Å². The van der Waals surface area contributed by atoms with E-state index >= 15 is 0 Å². The zero-order valence-corrected chi connectivity index (χ0v) is 11.3. The lowest BCUT2D eigenvalue weighted by atomic mass is 10.1. The average molecular weight is 288 g/mol. The molecule has 3 rings (SSSR count). The van der Waals surface area contributed by atoms with Gasteiger partial charge in [0.25, 0.3) is 0 Å². The summed E-state index contributed by atoms with van der Waals surface area (Å²) >= 11 is 5.80. The van der Waals surface area contributed by atoms with Crippen LogP contribution in [0.3, 0.4) is 0 Å². The molecule has 4 heteroatoms. The van der Waals surface area contributed by atoms with Crippen LogP contribution in [0.25, 0.3) is 10.9 Å². The molecule has 0 amide bonds. The van der Waals surface area contributed by atoms with Crippen LogP contribution in [0.5, 0.6) is 0 Å². The van der Waals surface area contributed by atoms with Crippen LogP contribution in [0, 0.1) is 5.82 Å². The van der Waals surface area contributed by atoms with E-state index in [1.54, 1.807) is 42.6 Å². The lowest BCUT2D eigenvalue weighted by Crippen LogP contribution is -2.09. The summed E-state index contributed by atoms with van der Waals surface area (Å²) < 4.78 is 14.9. The summed E-state index contributed by atoms with van der Waals surface area (Å²) in [5.41, 5.74) is 1.45. The van der Waals surface area contributed by atoms with Gasteiger partial charge in [0.15, 0.2) is 5.78 Å². The molecule has 0 radical (unpaired) electrons. The molecule has 1 aromatic heterocycles. The molecule has 0 spiro atoms. The zero-order valence-electron chi connectivity index (χ0n) is 10.5. The van der Waals surface area contributed by atoms with E-state index in [0.29, 0.717) is 10.6 Å². The number of rotatable bonds is 3. The molecule has 0 atom stereocenters. The van der Waals surface area contributed by atoms with Gasteiger partial charge in [-0.3, -0.25) is 4.79 Å². The lowest BCUT2D eigenvalue weighted by Gasteiger charge is -2.05. The second-order valence-electron chi connectivity index (χ2n) is 4.58. The van der Waals surface area contributed by atoms with Crippen molar-refractivity contribution in [2.75, 3.05) is 0 Å². The van der Waals surface area contributed by atoms with Crippen LogP contribution in [0.15, 0.2) is 54.7 Å². The number of carbonyl (C=O) groups is 1. The van der Waals surface area contributed by atoms with E-state index in [1.807, 2.05) is 4.57 Å². The van der Waals surface area contributed by atoms with E-state index in [1.165, 1.54) is 12.1 Å². The lowest BCUT2D eigenvalue weighted by molar-refractivity contribution is 0.0973. The quantitative estimate of drug-likeness (QED) is 0.658. The summed E-state index contributed by atoms with van der Waals surface area (Å²) in [6.07, 6.45) is 1.79. The highest BCUT2D eigenvalue weighted by Crippen LogP contribution is 2.18. The van der Waals surface area contributed by atoms with Crippen LogP contribution in [-0.2, 0) is 6.54 Å². The third-order valence-corrected chi connectivity index (χ3v) is 3.47. The Bertz CT molecular complexity index is 777. The normalized spacial score (nSPS) is 10.9. The molecule has 0 saturated carbocycles. The number of hydrogen-bond acceptors (Lipinski definition) is 1. The Morgan fingerprint density at radius 1 is 1.10 bits per heavy atom. The number of hydrogen-bond donors (Lipinski definition) is 0. The largest absolute Gasteiger partial charge is 0.340 e. The molecule has 0 aliphatic rings. The fourth-order valence-electron chi connectivity index (χ4n) is 2.19. The van der Waals surface area contributed by atoms with Crippen LogP contribution in [-0.4, -0.2) is 10.4 Å². The van der Waals surface area contributed by atoms with E-state index < -0.39 is 0 Å². The van der Waals surface area contributed by atoms with Crippen molar-refractivity contribution in [2.24, 2.45) is 0 Å². The maximum absolute atomic E-state index is 13.1. The summed E-state index contributed by atoms with van der Waals surface area (Å²) in [5.74, 6) is -0.289. The SMILES string of the molecule is O=C(Cn1ccc2cc(F)ccc21)c1ccc(Cl)cc1. The van der Waals surface area contributed by atoms with Gasteiger partial charge in [0.1, 0.15) is 5.82 Å². The number of carbonyl (C=O) groups excluding carboxylic acids is 1. The van der Waals surface area contributed by atoms with Crippen molar-refractivity contribution >= 4 is 28.3 Å². The van der Waals surface area contributed by atoms with Crippen molar-refractivity contribution in [1.82, 2.24) is 4.57 Å². The summed E-state index contributed by atoms with van der Waals surface area (Å²) in [7, 11) is 0. The summed E-state index contributed by atoms with van der Waals surface area (Å²) in [4.78, 5) is 12.2. The number of ketones is 1. The highest BCUT2D eigenvalue weighted by atomic mass is 35.5. The Labute approximate surface area is 120 Å². The molecule has 0 N–H and O–H groups in total. The second kappa shape index (κ2) is 5.10. The van der Waals surface area contributed by atoms with E-state index in [2.05, 4.69) is 0 Å². The van der Waals surface area contributed by atoms with Gasteiger partial charge in [0.2, 0.25) is 0 Å². The maximum atomic E-state index is 13.1. The van der Waals surface area contributed by atoms with Crippen molar-refractivity contribution in [3.8, 4) is 0 Å². The zero-order chi connectivity index (χ0) is 14.1. The van der Waals surface area contributed by atoms with Gasteiger partial charge in [0, 0.05) is 27.7 Å². The standard InChI is InChI=1S/C16H11ClFNO/c17-13-3-1-11(2-4-13)16(20)10-19-8-7-12-9-14(18)5-6-15(12)19/h1-9H,10H2. The highest BCUT2D eigenvalue weighted by Gasteiger charge is 2.09. The van der Waals surface area contributed by atoms with Gasteiger partial charge < -0.3 is 4.57 Å². The molecule has 2 nitrogen and oxygen atoms in total. The first kappa shape index (κ1) is 12.9. The van der Waals surface area contributed by atoms with Crippen molar-refractivity contribution in [3.05, 3.63) is 71.1 Å². The first-order valence-corrected chi connectivity index (χ1v) is 6.54. The van der Waals surface area contributed by atoms with Crippen LogP contribution >= 0.6 is 11.6 Å². The Balaban J connectivity index is 1.89. The maximum Gasteiger partial charge on any atom is 0.182 e. The predicted molar refractivity (Wildman–Crippen MR) is 77.7 cm³/mol. The summed E-state index contributed by atoms with van der Waals surface area (Å²) in [5, 5.41) is 1.39. The molecule has 2 aromatic carbocycles. The van der Waals surface area contributed by atoms with Crippen molar-refractivity contribution < 1.29 is 9.18 Å². The predicted octanol–water partition coefficient (Wildman–Crippen LogP) is 4.32. The molecule has 0 aliphatic carbocycles. The minimum atomic E-state index is -0.278. The fraction of sp³-hybridized carbons (Fsp3) is 0.0625. The second-order valence-corrected chi connectivity index (χ2v) is 5.01. The van der Waals surface area contributed by atoms with Gasteiger partial charge in [-0.1, -0.05) is 11.6 Å². The third-order valence-electron chi connectivity index (χ3n) is 3.21. The molecule has 3 aromatic rings. The van der Waals surface area contributed by atoms with E-state index in [-0.39, 0.29) is 18.1 Å². The number of fused-ring (bicyclic) bond motifs is 1. The molecular weight excluding hydrogens is 277 g/mol. The van der Waals surface area contributed by atoms with Crippen LogP contribution in [0.4, 0.5) is 4.39 Å². The molecule has 0 aliphatic heterocycles. The average Bonchev–Trinajstić information content (AvgIpc) is 2.81. The number of halogens is 2. The van der Waals surface area contributed by atoms with Gasteiger partial charge in [-0.15, -0.1) is 0 Å². The first-order valence-electron chi connectivity index (χ1n) is 6.17. The molecule has 0 bridgehead atoms. The van der Waals surface area contributed by atoms with Gasteiger partial charge in [-0.05, 0) is 48.5 Å². The number of aromatic nitrogens is 1. The number of benzene rings is 2. The first-order chi connectivity index (χ1) is 9.63. The van der Waals surface area contributed by atoms with Gasteiger partial charge >= 0.3 is 0 Å². The Morgan fingerprint density at radius 2 is 1.85 bits per heavy atom. The van der Waals surface area contributed by atoms with Crippen molar-refractivity contribution in [1.29, 1.82) is 0 Å². The Kier molecular flexibility index (Phi) is 3.28. The Hall–Kier alpha value is -2.13. The molecule has 1 heterocycles. The van der Waals surface area contributed by atoms with E-state index in [4.69, 9.17) is 11.6 Å². The summed E-state index contributed by atoms with van der Waals surface area (Å²) in [6.45, 7) is 0.219. The number of nitrogens with zero attached hydrogens (tertiary/aromatic N) is 1. The molecule has 0 fully saturated rings. The molecular formula is C16H11ClFNO. The number of Topliss-reactive ketones (excluding diaryl/α,β-unsaturated/α-hetero) is 1. The third kappa shape index (κ3) is 2.45. The highest BCUT2D eigenvalue weighted by molar-refractivity contribution is 6.30. The summed E-state index contributed by atoms with van der Waals surface area (Å²) in [6, 6.07) is 13.1. The van der Waals surface area contributed by atoms with Crippen LogP contribution < -0.4 is 0 Å². The smallest absolute Gasteiger partial charge is 0.182 e. The minimum Gasteiger partial charge on any atom is -0.340 e. The monoisotopic (exact) mass is 287 g/mol. The van der Waals surface area contributed by atoms with Crippen molar-refractivity contribution in [2.45, 2.75) is 6.54 Å². The van der Waals surface area contributed by atoms with E-state index in [0.717, 1.165) is 10.9 Å². The van der Waals surface area contributed by atoms with Gasteiger partial charge in [-0.2, -0.15) is 0 Å². The molecule has 20 heavy (non-hydrogen) atoms. The molecule has 100 valence electrons. The van der Waals surface area contributed by atoms with Gasteiger partial charge in [0.05, 0.1) is 6.54 Å².